The van der Waals surface area contributed by atoms with Gasteiger partial charge in [0.05, 0.1) is 23.4 Å². The number of carbonyl (C=O) groups is 1. The van der Waals surface area contributed by atoms with Crippen molar-refractivity contribution in [2.24, 2.45) is 5.41 Å². The van der Waals surface area contributed by atoms with Crippen LogP contribution in [0.3, 0.4) is 0 Å². The summed E-state index contributed by atoms with van der Waals surface area (Å²) in [7, 11) is 0. The number of ketones is 1. The lowest BCUT2D eigenvalue weighted by atomic mass is 9.68. The largest absolute Gasteiger partial charge is 0.491 e. The average molecular weight is 651 g/mol. The SMILES string of the molecule is CC1(C)CC(=O)C2=C(C1)N(c1ncnc3c1ncn3CC(O)COc1ccccc1)c1[nH]c(=O)[nH]c(=O)c1C2c1ccc([N+](=O)[O-])cc1. The van der Waals surface area contributed by atoms with Gasteiger partial charge in [-0.1, -0.05) is 44.2 Å². The molecule has 244 valence electrons. The number of ether oxygens (including phenoxy) is 1. The molecule has 1 aliphatic carbocycles. The number of nitro benzene ring substituents is 1. The topological polar surface area (TPSA) is 202 Å². The Bertz CT molecular complexity index is 2220. The number of anilines is 2. The van der Waals surface area contributed by atoms with Crippen LogP contribution < -0.4 is 20.9 Å². The Morgan fingerprint density at radius 1 is 1.04 bits per heavy atom. The predicted molar refractivity (Wildman–Crippen MR) is 173 cm³/mol. The molecule has 1 aliphatic heterocycles. The molecule has 15 heteroatoms. The molecule has 15 nitrogen and oxygen atoms in total. The van der Waals surface area contributed by atoms with Crippen molar-refractivity contribution in [3.8, 4) is 5.75 Å². The highest BCUT2D eigenvalue weighted by Crippen LogP contribution is 2.52. The van der Waals surface area contributed by atoms with E-state index in [2.05, 4.69) is 24.9 Å². The monoisotopic (exact) mass is 650 g/mol. The smallest absolute Gasteiger partial charge is 0.327 e. The van der Waals surface area contributed by atoms with E-state index in [9.17, 15) is 29.6 Å². The van der Waals surface area contributed by atoms with Crippen LogP contribution in [-0.2, 0) is 11.3 Å². The van der Waals surface area contributed by atoms with Crippen LogP contribution in [0.25, 0.3) is 11.2 Å². The van der Waals surface area contributed by atoms with Gasteiger partial charge in [-0.3, -0.25) is 34.6 Å². The number of nitro groups is 1. The zero-order valence-corrected chi connectivity index (χ0v) is 25.9. The summed E-state index contributed by atoms with van der Waals surface area (Å²) in [6, 6.07) is 14.8. The Morgan fingerprint density at radius 2 is 1.79 bits per heavy atom. The van der Waals surface area contributed by atoms with Gasteiger partial charge in [-0.2, -0.15) is 0 Å². The lowest BCUT2D eigenvalue weighted by Crippen LogP contribution is -2.42. The van der Waals surface area contributed by atoms with Gasteiger partial charge in [-0.05, 0) is 29.5 Å². The van der Waals surface area contributed by atoms with E-state index < -0.39 is 33.6 Å². The molecule has 0 bridgehead atoms. The maximum atomic E-state index is 14.1. The number of imidazole rings is 1. The van der Waals surface area contributed by atoms with Gasteiger partial charge in [0, 0.05) is 35.7 Å². The molecule has 0 amide bonds. The van der Waals surface area contributed by atoms with E-state index in [4.69, 9.17) is 4.74 Å². The lowest BCUT2D eigenvalue weighted by molar-refractivity contribution is -0.384. The molecule has 3 aromatic heterocycles. The molecule has 2 aliphatic rings. The third-order valence-corrected chi connectivity index (χ3v) is 8.55. The normalized spacial score (nSPS) is 17.6. The molecule has 2 unspecified atom stereocenters. The van der Waals surface area contributed by atoms with Gasteiger partial charge >= 0.3 is 5.69 Å². The molecule has 7 rings (SSSR count). The number of para-hydroxylation sites is 1. The second-order valence-corrected chi connectivity index (χ2v) is 12.6. The van der Waals surface area contributed by atoms with Crippen molar-refractivity contribution >= 4 is 34.3 Å². The molecule has 2 aromatic carbocycles. The van der Waals surface area contributed by atoms with Crippen molar-refractivity contribution in [3.63, 3.8) is 0 Å². The van der Waals surface area contributed by atoms with Crippen LogP contribution in [-0.4, -0.2) is 58.0 Å². The number of fused-ring (bicyclic) bond motifs is 2. The molecule has 4 heterocycles. The number of nitrogens with one attached hydrogen (secondary N) is 2. The van der Waals surface area contributed by atoms with Crippen LogP contribution in [0.1, 0.15) is 43.7 Å². The number of hydrogen-bond acceptors (Lipinski definition) is 11. The number of allylic oxidation sites excluding steroid dienone is 2. The summed E-state index contributed by atoms with van der Waals surface area (Å²) in [5.74, 6) is -0.196. The van der Waals surface area contributed by atoms with Gasteiger partial charge in [0.25, 0.3) is 11.2 Å². The second-order valence-electron chi connectivity index (χ2n) is 12.6. The van der Waals surface area contributed by atoms with E-state index in [-0.39, 0.29) is 48.2 Å². The summed E-state index contributed by atoms with van der Waals surface area (Å²) >= 11 is 0. The number of hydrogen-bond donors (Lipinski definition) is 3. The highest BCUT2D eigenvalue weighted by molar-refractivity contribution is 6.03. The van der Waals surface area contributed by atoms with Gasteiger partial charge in [-0.15, -0.1) is 0 Å². The zero-order valence-electron chi connectivity index (χ0n) is 25.9. The highest BCUT2D eigenvalue weighted by Gasteiger charge is 2.46. The Labute approximate surface area is 271 Å². The van der Waals surface area contributed by atoms with Crippen molar-refractivity contribution < 1.29 is 19.6 Å². The van der Waals surface area contributed by atoms with Crippen molar-refractivity contribution in [2.75, 3.05) is 11.5 Å². The lowest BCUT2D eigenvalue weighted by Gasteiger charge is -2.43. The highest BCUT2D eigenvalue weighted by atomic mass is 16.6. The van der Waals surface area contributed by atoms with Gasteiger partial charge in [-0.25, -0.2) is 19.7 Å². The average Bonchev–Trinajstić information content (AvgIpc) is 3.45. The number of carbonyl (C=O) groups excluding carboxylic acids is 1. The first-order valence-electron chi connectivity index (χ1n) is 15.2. The fourth-order valence-electron chi connectivity index (χ4n) is 6.55. The van der Waals surface area contributed by atoms with E-state index in [1.165, 1.54) is 36.9 Å². The van der Waals surface area contributed by atoms with Crippen LogP contribution in [0, 0.1) is 15.5 Å². The first-order valence-corrected chi connectivity index (χ1v) is 15.2. The molecular weight excluding hydrogens is 620 g/mol. The van der Waals surface area contributed by atoms with Crippen molar-refractivity contribution in [1.29, 1.82) is 0 Å². The number of H-pyrrole nitrogens is 2. The third kappa shape index (κ3) is 5.43. The minimum Gasteiger partial charge on any atom is -0.491 e. The van der Waals surface area contributed by atoms with Crippen LogP contribution >= 0.6 is 0 Å². The van der Waals surface area contributed by atoms with E-state index in [0.29, 0.717) is 40.2 Å². The molecule has 0 saturated carbocycles. The molecule has 2 atom stereocenters. The molecule has 0 spiro atoms. The minimum atomic E-state index is -0.925. The van der Waals surface area contributed by atoms with E-state index >= 15 is 0 Å². The summed E-state index contributed by atoms with van der Waals surface area (Å²) in [6.07, 6.45) is 2.46. The van der Waals surface area contributed by atoms with Crippen LogP contribution in [0.4, 0.5) is 17.3 Å². The van der Waals surface area contributed by atoms with Gasteiger partial charge in [0.15, 0.2) is 22.8 Å². The molecule has 5 aromatic rings. The molecule has 0 fully saturated rings. The number of aromatic nitrogens is 6. The standard InChI is InChI=1S/C33H30N8O7/c1-33(2)12-22-25(23(43)13-33)24(18-8-10-19(11-9-18)41(46)47)26-28(37-32(45)38-31(26)44)40(22)30-27-29(34-16-35-30)39(17-36-27)14-20(42)15-48-21-6-4-3-5-7-21/h3-11,16-17,20,24,42H,12-15H2,1-2H3,(H2,37,38,44,45). The number of nitrogens with zero attached hydrogens (tertiary/aromatic N) is 6. The fraction of sp³-hybridized carbons (Fsp3) is 0.273. The number of non-ortho nitro benzene ring substituents is 1. The van der Waals surface area contributed by atoms with Crippen LogP contribution in [0.2, 0.25) is 0 Å². The van der Waals surface area contributed by atoms with Crippen molar-refractivity contribution in [1.82, 2.24) is 29.5 Å². The first kappa shape index (κ1) is 30.7. The number of Topliss-reactive ketones (excluding diaryl/α,β-unsaturated/α-hetero) is 1. The molecular formula is C33H30N8O7. The summed E-state index contributed by atoms with van der Waals surface area (Å²) in [5.41, 5.74) is -0.0663. The fourth-order valence-corrected chi connectivity index (χ4v) is 6.55. The number of aromatic amines is 2. The Morgan fingerprint density at radius 3 is 2.52 bits per heavy atom. The number of benzene rings is 2. The minimum absolute atomic E-state index is 0.0165. The maximum absolute atomic E-state index is 14.1. The molecule has 48 heavy (non-hydrogen) atoms. The number of aliphatic hydroxyl groups excluding tert-OH is 1. The first-order chi connectivity index (χ1) is 23.0. The van der Waals surface area contributed by atoms with Crippen molar-refractivity contribution in [3.05, 3.63) is 121 Å². The Kier molecular flexibility index (Phi) is 7.47. The summed E-state index contributed by atoms with van der Waals surface area (Å²) in [4.78, 5) is 71.6. The quantitative estimate of drug-likeness (QED) is 0.164. The predicted octanol–water partition coefficient (Wildman–Crippen LogP) is 3.48. The van der Waals surface area contributed by atoms with Crippen molar-refractivity contribution in [2.45, 2.75) is 45.3 Å². The summed E-state index contributed by atoms with van der Waals surface area (Å²) in [5, 5.41) is 22.2. The molecule has 0 radical (unpaired) electrons. The summed E-state index contributed by atoms with van der Waals surface area (Å²) in [6.45, 7) is 4.01. The third-order valence-electron chi connectivity index (χ3n) is 8.55. The van der Waals surface area contributed by atoms with Gasteiger partial charge in [0.2, 0.25) is 0 Å². The van der Waals surface area contributed by atoms with E-state index in [1.807, 2.05) is 32.0 Å². The Balaban J connectivity index is 1.37. The second kappa shape index (κ2) is 11.7. The van der Waals surface area contributed by atoms with Gasteiger partial charge in [0.1, 0.15) is 30.6 Å². The number of rotatable bonds is 8. The Hall–Kier alpha value is -5.96. The molecule has 3 N–H and O–H groups in total. The van der Waals surface area contributed by atoms with Gasteiger partial charge < -0.3 is 14.4 Å². The van der Waals surface area contributed by atoms with Crippen LogP contribution in [0.15, 0.2) is 88.1 Å². The zero-order chi connectivity index (χ0) is 33.7. The summed E-state index contributed by atoms with van der Waals surface area (Å²) < 4.78 is 7.35. The maximum Gasteiger partial charge on any atom is 0.327 e. The number of aliphatic hydroxyl groups is 1. The van der Waals surface area contributed by atoms with E-state index in [1.54, 1.807) is 21.6 Å². The molecule has 0 saturated heterocycles. The van der Waals surface area contributed by atoms with E-state index in [0.717, 1.165) is 0 Å². The van der Waals surface area contributed by atoms with Crippen LogP contribution in [0.5, 0.6) is 5.75 Å².